The van der Waals surface area contributed by atoms with Crippen molar-refractivity contribution in [3.05, 3.63) is 54.1 Å². The third kappa shape index (κ3) is 3.65. The molecule has 2 aromatic rings. The van der Waals surface area contributed by atoms with Crippen LogP contribution in [0.25, 0.3) is 0 Å². The van der Waals surface area contributed by atoms with Crippen molar-refractivity contribution in [1.29, 1.82) is 0 Å². The van der Waals surface area contributed by atoms with Crippen molar-refractivity contribution in [1.82, 2.24) is 0 Å². The first-order chi connectivity index (χ1) is 9.66. The van der Waals surface area contributed by atoms with E-state index in [-0.39, 0.29) is 12.2 Å². The molecule has 0 aliphatic carbocycles. The number of ether oxygens (including phenoxy) is 2. The molecule has 0 bridgehead atoms. The fourth-order valence-corrected chi connectivity index (χ4v) is 1.62. The van der Waals surface area contributed by atoms with E-state index in [1.165, 1.54) is 18.2 Å². The van der Waals surface area contributed by atoms with E-state index < -0.39 is 5.97 Å². The lowest BCUT2D eigenvalue weighted by atomic mass is 10.2. The van der Waals surface area contributed by atoms with Gasteiger partial charge in [0.05, 0.1) is 11.3 Å². The quantitative estimate of drug-likeness (QED) is 0.624. The summed E-state index contributed by atoms with van der Waals surface area (Å²) in [6, 6.07) is 13.7. The lowest BCUT2D eigenvalue weighted by molar-refractivity contribution is 0.0696. The number of hydrogen-bond donors (Lipinski definition) is 2. The molecule has 2 aromatic carbocycles. The highest BCUT2D eigenvalue weighted by molar-refractivity contribution is 5.89. The minimum atomic E-state index is -1.02. The van der Waals surface area contributed by atoms with Gasteiger partial charge in [0, 0.05) is 0 Å². The predicted octanol–water partition coefficient (Wildman–Crippen LogP) is 2.42. The number of hydrogen-bond acceptors (Lipinski definition) is 4. The van der Waals surface area contributed by atoms with Crippen molar-refractivity contribution in [2.75, 3.05) is 18.9 Å². The Balaban J connectivity index is 1.88. The molecule has 0 unspecified atom stereocenters. The number of rotatable bonds is 6. The lowest BCUT2D eigenvalue weighted by Crippen LogP contribution is -2.10. The Morgan fingerprint density at radius 1 is 1.05 bits per heavy atom. The zero-order chi connectivity index (χ0) is 14.4. The Bertz CT molecular complexity index is 584. The molecule has 3 N–H and O–H groups in total. The van der Waals surface area contributed by atoms with Gasteiger partial charge in [-0.1, -0.05) is 18.2 Å². The highest BCUT2D eigenvalue weighted by atomic mass is 16.5. The maximum absolute atomic E-state index is 10.9. The van der Waals surface area contributed by atoms with Gasteiger partial charge in [0.15, 0.2) is 0 Å². The Morgan fingerprint density at radius 3 is 2.45 bits per heavy atom. The summed E-state index contributed by atoms with van der Waals surface area (Å²) in [6.45, 7) is 0.628. The second-order valence-electron chi connectivity index (χ2n) is 4.07. The summed E-state index contributed by atoms with van der Waals surface area (Å²) in [5.41, 5.74) is 6.26. The summed E-state index contributed by atoms with van der Waals surface area (Å²) < 4.78 is 10.9. The molecule has 0 radical (unpaired) electrons. The molecule has 0 aliphatic rings. The molecule has 2 rings (SSSR count). The highest BCUT2D eigenvalue weighted by Crippen LogP contribution is 2.22. The first kappa shape index (κ1) is 13.7. The van der Waals surface area contributed by atoms with E-state index in [0.717, 1.165) is 5.75 Å². The van der Waals surface area contributed by atoms with Crippen LogP contribution in [0, 0.1) is 0 Å². The molecule has 0 fully saturated rings. The van der Waals surface area contributed by atoms with E-state index in [2.05, 4.69) is 0 Å². The minimum Gasteiger partial charge on any atom is -0.490 e. The van der Waals surface area contributed by atoms with E-state index >= 15 is 0 Å². The fourth-order valence-electron chi connectivity index (χ4n) is 1.62. The van der Waals surface area contributed by atoms with Crippen molar-refractivity contribution >= 4 is 11.7 Å². The molecule has 0 atom stereocenters. The summed E-state index contributed by atoms with van der Waals surface area (Å²) in [5.74, 6) is 0.0836. The highest BCUT2D eigenvalue weighted by Gasteiger charge is 2.07. The molecule has 0 saturated carbocycles. The van der Waals surface area contributed by atoms with Gasteiger partial charge in [-0.15, -0.1) is 0 Å². The minimum absolute atomic E-state index is 0.137. The van der Waals surface area contributed by atoms with Crippen LogP contribution < -0.4 is 15.2 Å². The number of nitrogens with two attached hydrogens (primary N) is 1. The van der Waals surface area contributed by atoms with Crippen molar-refractivity contribution in [3.63, 3.8) is 0 Å². The number of carbonyl (C=O) groups is 1. The second-order valence-corrected chi connectivity index (χ2v) is 4.07. The molecule has 0 amide bonds. The Kier molecular flexibility index (Phi) is 4.44. The van der Waals surface area contributed by atoms with Crippen molar-refractivity contribution in [3.8, 4) is 11.5 Å². The van der Waals surface area contributed by atoms with Crippen LogP contribution in [-0.4, -0.2) is 24.3 Å². The first-order valence-electron chi connectivity index (χ1n) is 6.10. The van der Waals surface area contributed by atoms with Gasteiger partial charge >= 0.3 is 5.97 Å². The number of para-hydroxylation sites is 1. The van der Waals surface area contributed by atoms with Gasteiger partial charge in [-0.05, 0) is 30.3 Å². The average molecular weight is 273 g/mol. The summed E-state index contributed by atoms with van der Waals surface area (Å²) in [7, 11) is 0. The van der Waals surface area contributed by atoms with Gasteiger partial charge in [-0.25, -0.2) is 4.79 Å². The molecule has 0 heterocycles. The van der Waals surface area contributed by atoms with E-state index in [9.17, 15) is 4.79 Å². The number of benzene rings is 2. The summed E-state index contributed by atoms with van der Waals surface area (Å²) in [4.78, 5) is 10.9. The second kappa shape index (κ2) is 6.47. The monoisotopic (exact) mass is 273 g/mol. The largest absolute Gasteiger partial charge is 0.490 e. The van der Waals surface area contributed by atoms with Crippen molar-refractivity contribution < 1.29 is 19.4 Å². The molecular formula is C15H15NO4. The molecule has 5 nitrogen and oxygen atoms in total. The van der Waals surface area contributed by atoms with Crippen LogP contribution in [-0.2, 0) is 0 Å². The maximum atomic E-state index is 10.9. The van der Waals surface area contributed by atoms with Crippen LogP contribution in [0.3, 0.4) is 0 Å². The van der Waals surface area contributed by atoms with Crippen molar-refractivity contribution in [2.24, 2.45) is 0 Å². The normalized spacial score (nSPS) is 10.0. The van der Waals surface area contributed by atoms with Gasteiger partial charge in [-0.2, -0.15) is 0 Å². The molecule has 0 aliphatic heterocycles. The fraction of sp³-hybridized carbons (Fsp3) is 0.133. The van der Waals surface area contributed by atoms with Crippen LogP contribution in [0.15, 0.2) is 48.5 Å². The van der Waals surface area contributed by atoms with E-state index in [4.69, 9.17) is 20.3 Å². The number of nitrogen functional groups attached to an aromatic ring is 1. The van der Waals surface area contributed by atoms with E-state index in [1.54, 1.807) is 0 Å². The van der Waals surface area contributed by atoms with Crippen LogP contribution in [0.4, 0.5) is 5.69 Å². The molecule has 0 spiro atoms. The maximum Gasteiger partial charge on any atom is 0.335 e. The summed E-state index contributed by atoms with van der Waals surface area (Å²) in [5, 5.41) is 8.90. The van der Waals surface area contributed by atoms with Gasteiger partial charge in [0.25, 0.3) is 0 Å². The first-order valence-corrected chi connectivity index (χ1v) is 6.10. The standard InChI is InChI=1S/C15H15NO4/c16-13-7-6-11(15(17)18)10-14(13)20-9-8-19-12-4-2-1-3-5-12/h1-7,10H,8-9,16H2,(H,17,18). The Labute approximate surface area is 116 Å². The van der Waals surface area contributed by atoms with E-state index in [1.807, 2.05) is 30.3 Å². The third-order valence-electron chi connectivity index (χ3n) is 2.61. The van der Waals surface area contributed by atoms with Gasteiger partial charge in [0.2, 0.25) is 0 Å². The molecule has 104 valence electrons. The van der Waals surface area contributed by atoms with Crippen LogP contribution >= 0.6 is 0 Å². The number of carboxylic acid groups (broad SMARTS) is 1. The van der Waals surface area contributed by atoms with Crippen LogP contribution in [0.5, 0.6) is 11.5 Å². The van der Waals surface area contributed by atoms with Gasteiger partial charge < -0.3 is 20.3 Å². The molecular weight excluding hydrogens is 258 g/mol. The summed E-state index contributed by atoms with van der Waals surface area (Å²) >= 11 is 0. The topological polar surface area (TPSA) is 81.8 Å². The van der Waals surface area contributed by atoms with Crippen LogP contribution in [0.1, 0.15) is 10.4 Å². The number of anilines is 1. The SMILES string of the molecule is Nc1ccc(C(=O)O)cc1OCCOc1ccccc1. The predicted molar refractivity (Wildman–Crippen MR) is 75.2 cm³/mol. The number of aromatic carboxylic acids is 1. The van der Waals surface area contributed by atoms with Gasteiger partial charge in [-0.3, -0.25) is 0 Å². The van der Waals surface area contributed by atoms with Crippen LogP contribution in [0.2, 0.25) is 0 Å². The molecule has 0 aromatic heterocycles. The molecule has 0 saturated heterocycles. The third-order valence-corrected chi connectivity index (χ3v) is 2.61. The van der Waals surface area contributed by atoms with Crippen molar-refractivity contribution in [2.45, 2.75) is 0 Å². The zero-order valence-corrected chi connectivity index (χ0v) is 10.8. The van der Waals surface area contributed by atoms with E-state index in [0.29, 0.717) is 18.0 Å². The van der Waals surface area contributed by atoms with Gasteiger partial charge in [0.1, 0.15) is 24.7 Å². The average Bonchev–Trinajstić information content (AvgIpc) is 2.46. The lowest BCUT2D eigenvalue weighted by Gasteiger charge is -2.10. The zero-order valence-electron chi connectivity index (χ0n) is 10.8. The smallest absolute Gasteiger partial charge is 0.335 e. The molecule has 20 heavy (non-hydrogen) atoms. The summed E-state index contributed by atoms with van der Waals surface area (Å²) in [6.07, 6.45) is 0. The Morgan fingerprint density at radius 2 is 1.75 bits per heavy atom. The molecule has 5 heteroatoms. The number of carboxylic acids is 1. The Hall–Kier alpha value is -2.69.